The number of nitrogens with zero attached hydrogens (tertiary/aromatic N) is 1. The molecule has 144 valence electrons. The molecule has 1 N–H and O–H groups in total. The van der Waals surface area contributed by atoms with Crippen molar-refractivity contribution in [2.45, 2.75) is 32.7 Å². The average molecular weight is 391 g/mol. The van der Waals surface area contributed by atoms with E-state index in [0.29, 0.717) is 6.54 Å². The third-order valence-electron chi connectivity index (χ3n) is 5.49. The second-order valence-corrected chi connectivity index (χ2v) is 8.54. The van der Waals surface area contributed by atoms with Crippen LogP contribution < -0.4 is 5.32 Å². The second-order valence-electron chi connectivity index (χ2n) is 7.28. The maximum atomic E-state index is 12.7. The summed E-state index contributed by atoms with van der Waals surface area (Å²) in [6, 6.07) is 20.4. The minimum absolute atomic E-state index is 0.0413. The van der Waals surface area contributed by atoms with Gasteiger partial charge in [0.15, 0.2) is 0 Å². The van der Waals surface area contributed by atoms with Gasteiger partial charge in [-0.05, 0) is 48.6 Å². The molecule has 1 aliphatic rings. The Hall–Kier alpha value is -2.43. The fraction of sp³-hybridized carbons (Fsp3) is 0.292. The van der Waals surface area contributed by atoms with Crippen LogP contribution in [0.1, 0.15) is 39.4 Å². The van der Waals surface area contributed by atoms with Gasteiger partial charge in [-0.15, -0.1) is 11.3 Å². The number of benzene rings is 2. The minimum Gasteiger partial charge on any atom is -0.325 e. The van der Waals surface area contributed by atoms with E-state index in [0.717, 1.165) is 25.1 Å². The van der Waals surface area contributed by atoms with Gasteiger partial charge in [0.25, 0.3) is 0 Å². The molecule has 4 heteroatoms. The Labute approximate surface area is 171 Å². The molecule has 2 aromatic carbocycles. The van der Waals surface area contributed by atoms with E-state index >= 15 is 0 Å². The third-order valence-corrected chi connectivity index (χ3v) is 6.73. The van der Waals surface area contributed by atoms with Crippen molar-refractivity contribution < 1.29 is 4.79 Å². The van der Waals surface area contributed by atoms with E-state index in [1.807, 2.05) is 41.7 Å². The molecule has 4 rings (SSSR count). The Morgan fingerprint density at radius 3 is 2.46 bits per heavy atom. The van der Waals surface area contributed by atoms with E-state index in [-0.39, 0.29) is 11.9 Å². The summed E-state index contributed by atoms with van der Waals surface area (Å²) in [6.07, 6.45) is 2.10. The van der Waals surface area contributed by atoms with Crippen molar-refractivity contribution in [3.63, 3.8) is 0 Å². The van der Waals surface area contributed by atoms with Crippen molar-refractivity contribution in [3.05, 3.63) is 87.1 Å². The quantitative estimate of drug-likeness (QED) is 0.649. The Morgan fingerprint density at radius 1 is 1.11 bits per heavy atom. The zero-order chi connectivity index (χ0) is 19.5. The number of thiophene rings is 1. The van der Waals surface area contributed by atoms with Gasteiger partial charge in [-0.3, -0.25) is 9.69 Å². The van der Waals surface area contributed by atoms with Gasteiger partial charge in [-0.25, -0.2) is 0 Å². The lowest BCUT2D eigenvalue weighted by Crippen LogP contribution is -2.40. The maximum absolute atomic E-state index is 12.7. The summed E-state index contributed by atoms with van der Waals surface area (Å²) < 4.78 is 0. The van der Waals surface area contributed by atoms with Crippen molar-refractivity contribution in [2.75, 3.05) is 18.4 Å². The van der Waals surface area contributed by atoms with Gasteiger partial charge in [0.2, 0.25) is 5.91 Å². The van der Waals surface area contributed by atoms with Gasteiger partial charge in [0.05, 0.1) is 12.6 Å². The zero-order valence-corrected chi connectivity index (χ0v) is 17.3. The molecule has 0 unspecified atom stereocenters. The van der Waals surface area contributed by atoms with Crippen LogP contribution in [0.25, 0.3) is 0 Å². The summed E-state index contributed by atoms with van der Waals surface area (Å²) in [5.41, 5.74) is 5.13. The molecule has 0 saturated carbocycles. The van der Waals surface area contributed by atoms with E-state index in [9.17, 15) is 4.79 Å². The molecule has 1 amide bonds. The van der Waals surface area contributed by atoms with Gasteiger partial charge in [0.1, 0.15) is 0 Å². The summed E-state index contributed by atoms with van der Waals surface area (Å²) in [4.78, 5) is 17.9. The molecule has 1 atom stereocenters. The van der Waals surface area contributed by atoms with Crippen LogP contribution in [0.15, 0.2) is 60.7 Å². The van der Waals surface area contributed by atoms with Crippen LogP contribution in [0.2, 0.25) is 0 Å². The predicted octanol–water partition coefficient (Wildman–Crippen LogP) is 5.21. The molecule has 0 bridgehead atoms. The molecular weight excluding hydrogens is 364 g/mol. The number of anilines is 1. The fourth-order valence-electron chi connectivity index (χ4n) is 4.23. The first-order valence-corrected chi connectivity index (χ1v) is 10.7. The predicted molar refractivity (Wildman–Crippen MR) is 117 cm³/mol. The van der Waals surface area contributed by atoms with Crippen LogP contribution in [-0.2, 0) is 17.6 Å². The topological polar surface area (TPSA) is 32.3 Å². The van der Waals surface area contributed by atoms with Crippen molar-refractivity contribution in [3.8, 4) is 0 Å². The van der Waals surface area contributed by atoms with E-state index in [4.69, 9.17) is 0 Å². The maximum Gasteiger partial charge on any atom is 0.238 e. The molecular formula is C24H26N2OS. The largest absolute Gasteiger partial charge is 0.325 e. The van der Waals surface area contributed by atoms with Gasteiger partial charge in [-0.1, -0.05) is 55.5 Å². The number of hydrogen-bond acceptors (Lipinski definition) is 3. The van der Waals surface area contributed by atoms with Crippen LogP contribution >= 0.6 is 11.3 Å². The Kier molecular flexibility index (Phi) is 5.60. The summed E-state index contributed by atoms with van der Waals surface area (Å²) in [7, 11) is 0. The highest BCUT2D eigenvalue weighted by Gasteiger charge is 2.33. The van der Waals surface area contributed by atoms with Crippen LogP contribution in [-0.4, -0.2) is 23.9 Å². The number of fused-ring (bicyclic) bond motifs is 1. The Morgan fingerprint density at radius 2 is 1.79 bits per heavy atom. The highest BCUT2D eigenvalue weighted by molar-refractivity contribution is 7.12. The molecule has 1 aromatic heterocycles. The summed E-state index contributed by atoms with van der Waals surface area (Å²) >= 11 is 1.91. The number of para-hydroxylation sites is 1. The standard InChI is InChI=1S/C24H26N2OS/c1-3-20-17(2)28-24-21(20)14-15-26(23(24)18-10-6-4-7-11-18)16-22(27)25-19-12-8-5-9-13-19/h4-13,23H,3,14-16H2,1-2H3,(H,25,27)/t23-/m1/s1. The zero-order valence-electron chi connectivity index (χ0n) is 16.4. The molecule has 28 heavy (non-hydrogen) atoms. The van der Waals surface area contributed by atoms with Crippen LogP contribution in [0.5, 0.6) is 0 Å². The molecule has 0 aliphatic carbocycles. The van der Waals surface area contributed by atoms with Gasteiger partial charge < -0.3 is 5.32 Å². The Balaban J connectivity index is 1.63. The number of nitrogens with one attached hydrogen (secondary N) is 1. The molecule has 0 spiro atoms. The lowest BCUT2D eigenvalue weighted by molar-refractivity contribution is -0.117. The Bertz CT molecular complexity index is 949. The molecule has 2 heterocycles. The van der Waals surface area contributed by atoms with Crippen LogP contribution in [0.4, 0.5) is 5.69 Å². The number of carbonyl (C=O) groups is 1. The normalized spacial score (nSPS) is 16.6. The van der Waals surface area contributed by atoms with Gasteiger partial charge >= 0.3 is 0 Å². The van der Waals surface area contributed by atoms with Crippen molar-refractivity contribution in [1.29, 1.82) is 0 Å². The number of amides is 1. The van der Waals surface area contributed by atoms with Crippen LogP contribution in [0, 0.1) is 6.92 Å². The molecule has 3 nitrogen and oxygen atoms in total. The fourth-order valence-corrected chi connectivity index (χ4v) is 5.70. The number of carbonyl (C=O) groups excluding carboxylic acids is 1. The smallest absolute Gasteiger partial charge is 0.238 e. The lowest BCUT2D eigenvalue weighted by Gasteiger charge is -2.36. The molecule has 1 aliphatic heterocycles. The first kappa shape index (κ1) is 18.9. The molecule has 0 fully saturated rings. The highest BCUT2D eigenvalue weighted by Crippen LogP contribution is 2.42. The second kappa shape index (κ2) is 8.29. The first-order valence-electron chi connectivity index (χ1n) is 9.92. The monoisotopic (exact) mass is 390 g/mol. The lowest BCUT2D eigenvalue weighted by atomic mass is 9.91. The number of hydrogen-bond donors (Lipinski definition) is 1. The van der Waals surface area contributed by atoms with E-state index < -0.39 is 0 Å². The summed E-state index contributed by atoms with van der Waals surface area (Å²) in [6.45, 7) is 5.77. The molecule has 0 radical (unpaired) electrons. The van der Waals surface area contributed by atoms with Crippen molar-refractivity contribution >= 4 is 22.9 Å². The number of rotatable bonds is 5. The van der Waals surface area contributed by atoms with E-state index in [1.165, 1.54) is 26.4 Å². The van der Waals surface area contributed by atoms with Crippen molar-refractivity contribution in [1.82, 2.24) is 4.90 Å². The van der Waals surface area contributed by atoms with Crippen LogP contribution in [0.3, 0.4) is 0 Å². The molecule has 3 aromatic rings. The van der Waals surface area contributed by atoms with Crippen molar-refractivity contribution in [2.24, 2.45) is 0 Å². The first-order chi connectivity index (χ1) is 13.7. The minimum atomic E-state index is 0.0413. The van der Waals surface area contributed by atoms with Gasteiger partial charge in [-0.2, -0.15) is 0 Å². The van der Waals surface area contributed by atoms with Gasteiger partial charge in [0, 0.05) is 22.0 Å². The summed E-state index contributed by atoms with van der Waals surface area (Å²) in [5, 5.41) is 3.04. The number of aryl methyl sites for hydroxylation is 1. The molecule has 0 saturated heterocycles. The third kappa shape index (κ3) is 3.75. The average Bonchev–Trinajstić information content (AvgIpc) is 3.04. The SMILES string of the molecule is CCc1c(C)sc2c1CCN(CC(=O)Nc1ccccc1)[C@@H]2c1ccccc1. The van der Waals surface area contributed by atoms with E-state index in [1.54, 1.807) is 0 Å². The highest BCUT2D eigenvalue weighted by atomic mass is 32.1. The van der Waals surface area contributed by atoms with E-state index in [2.05, 4.69) is 54.4 Å². The summed E-state index contributed by atoms with van der Waals surface area (Å²) in [5.74, 6) is 0.0413.